The third-order valence-corrected chi connectivity index (χ3v) is 6.67. The van der Waals surface area contributed by atoms with Crippen molar-refractivity contribution in [2.45, 2.75) is 43.9 Å². The number of carboxylic acid groups (broad SMARTS) is 1. The zero-order chi connectivity index (χ0) is 20.5. The molecule has 1 aromatic heterocycles. The molecule has 0 bridgehead atoms. The Labute approximate surface area is 169 Å². The van der Waals surface area contributed by atoms with Gasteiger partial charge in [0.1, 0.15) is 0 Å². The van der Waals surface area contributed by atoms with E-state index < -0.39 is 16.0 Å². The number of hydrogen-bond donors (Lipinski definition) is 1. The van der Waals surface area contributed by atoms with Crippen molar-refractivity contribution >= 4 is 38.5 Å². The summed E-state index contributed by atoms with van der Waals surface area (Å²) in [6.45, 7) is 4.02. The molecule has 0 aliphatic rings. The molecule has 0 unspecified atom stereocenters. The lowest BCUT2D eigenvalue weighted by Gasteiger charge is -2.14. The van der Waals surface area contributed by atoms with Crippen molar-refractivity contribution < 1.29 is 18.3 Å². The monoisotopic (exact) mass is 419 g/mol. The van der Waals surface area contributed by atoms with Crippen LogP contribution in [0.3, 0.4) is 0 Å². The van der Waals surface area contributed by atoms with Crippen molar-refractivity contribution in [3.63, 3.8) is 0 Å². The molecule has 0 saturated carbocycles. The molecule has 0 fully saturated rings. The summed E-state index contributed by atoms with van der Waals surface area (Å²) in [5.41, 5.74) is 2.02. The maximum absolute atomic E-state index is 13.5. The smallest absolute Gasteiger partial charge is 0.303 e. The van der Waals surface area contributed by atoms with Gasteiger partial charge in [-0.2, -0.15) is 0 Å². The van der Waals surface area contributed by atoms with Gasteiger partial charge < -0.3 is 5.11 Å². The molecular formula is C21H22ClNO4S. The van der Waals surface area contributed by atoms with Crippen LogP contribution in [0.2, 0.25) is 5.02 Å². The lowest BCUT2D eigenvalue weighted by molar-refractivity contribution is -0.137. The van der Waals surface area contributed by atoms with Crippen molar-refractivity contribution in [1.29, 1.82) is 0 Å². The SMILES string of the molecule is CC(C)c1cccc(S(=O)(=O)n2c(CCCC(=O)O)cc3cc(Cl)ccc32)c1. The number of rotatable bonds is 7. The molecule has 1 N–H and O–H groups in total. The van der Waals surface area contributed by atoms with Crippen molar-refractivity contribution in [2.24, 2.45) is 0 Å². The summed E-state index contributed by atoms with van der Waals surface area (Å²) in [5.74, 6) is -0.705. The van der Waals surface area contributed by atoms with Gasteiger partial charge >= 0.3 is 5.97 Å². The van der Waals surface area contributed by atoms with Crippen molar-refractivity contribution in [3.05, 3.63) is 64.8 Å². The highest BCUT2D eigenvalue weighted by atomic mass is 35.5. The van der Waals surface area contributed by atoms with Gasteiger partial charge in [0.2, 0.25) is 0 Å². The Hall–Kier alpha value is -2.31. The van der Waals surface area contributed by atoms with Crippen LogP contribution in [0.15, 0.2) is 53.4 Å². The number of benzene rings is 2. The number of carbonyl (C=O) groups is 1. The summed E-state index contributed by atoms with van der Waals surface area (Å²) in [6, 6.07) is 13.8. The summed E-state index contributed by atoms with van der Waals surface area (Å²) in [7, 11) is -3.85. The molecular weight excluding hydrogens is 398 g/mol. The standard InChI is InChI=1S/C21H22ClNO4S/c1-14(2)15-5-3-7-19(13-15)28(26,27)23-18(6-4-8-21(24)25)12-16-11-17(22)9-10-20(16)23/h3,5,7,9-14H,4,6,8H2,1-2H3,(H,24,25). The minimum atomic E-state index is -3.85. The minimum absolute atomic E-state index is 0.0227. The van der Waals surface area contributed by atoms with E-state index in [1.54, 1.807) is 42.5 Å². The van der Waals surface area contributed by atoms with Gasteiger partial charge in [-0.15, -0.1) is 0 Å². The molecule has 0 saturated heterocycles. The van der Waals surface area contributed by atoms with Gasteiger partial charge in [0.15, 0.2) is 0 Å². The molecule has 0 radical (unpaired) electrons. The van der Waals surface area contributed by atoms with E-state index in [-0.39, 0.29) is 17.2 Å². The second-order valence-electron chi connectivity index (χ2n) is 7.08. The second-order valence-corrected chi connectivity index (χ2v) is 9.31. The highest BCUT2D eigenvalue weighted by Gasteiger charge is 2.23. The summed E-state index contributed by atoms with van der Waals surface area (Å²) in [4.78, 5) is 11.1. The van der Waals surface area contributed by atoms with Crippen LogP contribution in [0.5, 0.6) is 0 Å². The lowest BCUT2D eigenvalue weighted by Crippen LogP contribution is -2.16. The molecule has 3 aromatic rings. The Morgan fingerprint density at radius 3 is 2.57 bits per heavy atom. The molecule has 148 valence electrons. The molecule has 0 atom stereocenters. The van der Waals surface area contributed by atoms with Gasteiger partial charge in [-0.05, 0) is 60.7 Å². The van der Waals surface area contributed by atoms with Crippen LogP contribution in [-0.4, -0.2) is 23.5 Å². The number of hydrogen-bond acceptors (Lipinski definition) is 3. The third kappa shape index (κ3) is 4.08. The van der Waals surface area contributed by atoms with E-state index >= 15 is 0 Å². The minimum Gasteiger partial charge on any atom is -0.481 e. The zero-order valence-electron chi connectivity index (χ0n) is 15.7. The number of aryl methyl sites for hydroxylation is 1. The molecule has 2 aromatic carbocycles. The second kappa shape index (κ2) is 7.97. The van der Waals surface area contributed by atoms with E-state index in [9.17, 15) is 13.2 Å². The zero-order valence-corrected chi connectivity index (χ0v) is 17.3. The van der Waals surface area contributed by atoms with Gasteiger partial charge in [-0.25, -0.2) is 12.4 Å². The number of aromatic nitrogens is 1. The Morgan fingerprint density at radius 2 is 1.89 bits per heavy atom. The Morgan fingerprint density at radius 1 is 1.14 bits per heavy atom. The van der Waals surface area contributed by atoms with E-state index in [2.05, 4.69) is 0 Å². The van der Waals surface area contributed by atoms with E-state index in [0.717, 1.165) is 5.56 Å². The number of halogens is 1. The first-order chi connectivity index (χ1) is 13.2. The first-order valence-electron chi connectivity index (χ1n) is 9.07. The molecule has 0 amide bonds. The fourth-order valence-electron chi connectivity index (χ4n) is 3.24. The number of nitrogens with zero attached hydrogens (tertiary/aromatic N) is 1. The highest BCUT2D eigenvalue weighted by Crippen LogP contribution is 2.30. The van der Waals surface area contributed by atoms with Crippen LogP contribution in [0.1, 0.15) is 43.9 Å². The number of carboxylic acids is 1. The van der Waals surface area contributed by atoms with Gasteiger partial charge in [0.25, 0.3) is 10.0 Å². The van der Waals surface area contributed by atoms with Gasteiger partial charge in [-0.3, -0.25) is 4.79 Å². The maximum atomic E-state index is 13.5. The Kier molecular flexibility index (Phi) is 5.82. The van der Waals surface area contributed by atoms with Gasteiger partial charge in [-0.1, -0.05) is 37.6 Å². The predicted molar refractivity (Wildman–Crippen MR) is 111 cm³/mol. The summed E-state index contributed by atoms with van der Waals surface area (Å²) < 4.78 is 28.3. The first-order valence-corrected chi connectivity index (χ1v) is 10.9. The average molecular weight is 420 g/mol. The van der Waals surface area contributed by atoms with E-state index in [1.165, 1.54) is 3.97 Å². The van der Waals surface area contributed by atoms with Crippen LogP contribution in [0.25, 0.3) is 10.9 Å². The quantitative estimate of drug-likeness (QED) is 0.580. The Bertz CT molecular complexity index is 1130. The first kappa shape index (κ1) is 20.4. The van der Waals surface area contributed by atoms with Crippen molar-refractivity contribution in [3.8, 4) is 0 Å². The molecule has 0 aliphatic carbocycles. The summed E-state index contributed by atoms with van der Waals surface area (Å²) in [6.07, 6.45) is 0.661. The van der Waals surface area contributed by atoms with Crippen LogP contribution in [0, 0.1) is 0 Å². The number of fused-ring (bicyclic) bond motifs is 1. The fraction of sp³-hybridized carbons (Fsp3) is 0.286. The van der Waals surface area contributed by atoms with Gasteiger partial charge in [0.05, 0.1) is 10.4 Å². The van der Waals surface area contributed by atoms with E-state index in [1.807, 2.05) is 19.9 Å². The molecule has 5 nitrogen and oxygen atoms in total. The Balaban J connectivity index is 2.16. The largest absolute Gasteiger partial charge is 0.481 e. The summed E-state index contributed by atoms with van der Waals surface area (Å²) in [5, 5.41) is 10.1. The normalized spacial score (nSPS) is 12.0. The maximum Gasteiger partial charge on any atom is 0.303 e. The molecule has 0 spiro atoms. The van der Waals surface area contributed by atoms with Crippen LogP contribution in [0.4, 0.5) is 0 Å². The highest BCUT2D eigenvalue weighted by molar-refractivity contribution is 7.90. The number of aliphatic carboxylic acids is 1. The molecule has 7 heteroatoms. The predicted octanol–water partition coefficient (Wildman–Crippen LogP) is 5.06. The molecule has 1 heterocycles. The van der Waals surface area contributed by atoms with Crippen LogP contribution in [-0.2, 0) is 21.2 Å². The molecule has 0 aliphatic heterocycles. The van der Waals surface area contributed by atoms with E-state index in [0.29, 0.717) is 34.5 Å². The summed E-state index contributed by atoms with van der Waals surface area (Å²) >= 11 is 6.08. The van der Waals surface area contributed by atoms with Crippen LogP contribution >= 0.6 is 11.6 Å². The fourth-order valence-corrected chi connectivity index (χ4v) is 5.04. The van der Waals surface area contributed by atoms with Crippen molar-refractivity contribution in [2.75, 3.05) is 0 Å². The molecule has 3 rings (SSSR count). The van der Waals surface area contributed by atoms with E-state index in [4.69, 9.17) is 16.7 Å². The molecule has 28 heavy (non-hydrogen) atoms. The lowest BCUT2D eigenvalue weighted by atomic mass is 10.0. The van der Waals surface area contributed by atoms with Gasteiger partial charge in [0, 0.05) is 22.5 Å². The average Bonchev–Trinajstić information content (AvgIpc) is 2.99. The third-order valence-electron chi connectivity index (χ3n) is 4.68. The van der Waals surface area contributed by atoms with Crippen molar-refractivity contribution in [1.82, 2.24) is 3.97 Å². The van der Waals surface area contributed by atoms with Crippen LogP contribution < -0.4 is 0 Å². The topological polar surface area (TPSA) is 76.4 Å².